The first kappa shape index (κ1) is 17.8. The van der Waals surface area contributed by atoms with Crippen molar-refractivity contribution in [1.82, 2.24) is 4.31 Å². The second-order valence-electron chi connectivity index (χ2n) is 4.64. The van der Waals surface area contributed by atoms with Crippen LogP contribution in [0.4, 0.5) is 18.9 Å². The van der Waals surface area contributed by atoms with Crippen molar-refractivity contribution in [3.63, 3.8) is 0 Å². The zero-order valence-electron chi connectivity index (χ0n) is 11.9. The minimum Gasteiger partial charge on any atom is -0.385 e. The minimum atomic E-state index is -4.38. The molecule has 0 bridgehead atoms. The van der Waals surface area contributed by atoms with E-state index in [9.17, 15) is 21.6 Å². The van der Waals surface area contributed by atoms with Gasteiger partial charge < -0.3 is 5.32 Å². The Labute approximate surface area is 123 Å². The molecule has 4 nitrogen and oxygen atoms in total. The van der Waals surface area contributed by atoms with Gasteiger partial charge in [0.25, 0.3) is 0 Å². The second-order valence-corrected chi connectivity index (χ2v) is 6.69. The number of benzene rings is 1. The number of nitrogens with one attached hydrogen (secondary N) is 1. The highest BCUT2D eigenvalue weighted by Crippen LogP contribution is 2.22. The number of anilines is 1. The van der Waals surface area contributed by atoms with Crippen LogP contribution in [0.5, 0.6) is 0 Å². The molecular weight excluding hydrogens is 305 g/mol. The maximum absolute atomic E-state index is 12.1. The van der Waals surface area contributed by atoms with E-state index < -0.39 is 29.2 Å². The number of hydrogen-bond acceptors (Lipinski definition) is 3. The highest BCUT2D eigenvalue weighted by molar-refractivity contribution is 7.89. The van der Waals surface area contributed by atoms with Gasteiger partial charge in [0, 0.05) is 25.8 Å². The van der Waals surface area contributed by atoms with Gasteiger partial charge in [-0.2, -0.15) is 13.2 Å². The summed E-state index contributed by atoms with van der Waals surface area (Å²) in [6.07, 6.45) is -4.61. The zero-order chi connectivity index (χ0) is 16.1. The molecule has 0 aliphatic carbocycles. The number of nitrogens with zero attached hydrogens (tertiary/aromatic N) is 1. The number of alkyl halides is 3. The van der Waals surface area contributed by atoms with Crippen LogP contribution in [0.1, 0.15) is 19.8 Å². The van der Waals surface area contributed by atoms with Crippen LogP contribution in [-0.4, -0.2) is 39.0 Å². The van der Waals surface area contributed by atoms with Crippen LogP contribution in [0.15, 0.2) is 29.2 Å². The second kappa shape index (κ2) is 7.13. The van der Waals surface area contributed by atoms with Gasteiger partial charge in [0.05, 0.1) is 11.3 Å². The van der Waals surface area contributed by atoms with Crippen molar-refractivity contribution < 1.29 is 21.6 Å². The summed E-state index contributed by atoms with van der Waals surface area (Å²) in [6.45, 7) is 2.17. The van der Waals surface area contributed by atoms with E-state index in [0.29, 0.717) is 0 Å². The van der Waals surface area contributed by atoms with Gasteiger partial charge in [-0.25, -0.2) is 12.7 Å². The Morgan fingerprint density at radius 3 is 2.24 bits per heavy atom. The summed E-state index contributed by atoms with van der Waals surface area (Å²) in [5, 5.41) is 3.09. The Bertz CT molecular complexity index is 542. The monoisotopic (exact) mass is 324 g/mol. The van der Waals surface area contributed by atoms with Gasteiger partial charge in [0.1, 0.15) is 0 Å². The van der Waals surface area contributed by atoms with E-state index in [1.54, 1.807) is 12.1 Å². The van der Waals surface area contributed by atoms with Gasteiger partial charge in [0.2, 0.25) is 10.0 Å². The quantitative estimate of drug-likeness (QED) is 0.838. The molecule has 1 rings (SSSR count). The standard InChI is InChI=1S/C13H19F3N2O2S/c1-3-9-17-11-4-6-12(7-5-11)21(19,20)18(2)10-8-13(14,15)16/h4-7,17H,3,8-10H2,1-2H3. The number of sulfonamides is 1. The maximum Gasteiger partial charge on any atom is 0.390 e. The Morgan fingerprint density at radius 2 is 1.76 bits per heavy atom. The minimum absolute atomic E-state index is 0.0192. The van der Waals surface area contributed by atoms with E-state index in [-0.39, 0.29) is 4.90 Å². The molecule has 1 aromatic carbocycles. The molecule has 21 heavy (non-hydrogen) atoms. The largest absolute Gasteiger partial charge is 0.390 e. The van der Waals surface area contributed by atoms with Gasteiger partial charge in [0.15, 0.2) is 0 Å². The lowest BCUT2D eigenvalue weighted by atomic mass is 10.3. The molecule has 0 amide bonds. The van der Waals surface area contributed by atoms with E-state index in [2.05, 4.69) is 5.32 Å². The Hall–Kier alpha value is -1.28. The molecule has 0 aromatic heterocycles. The molecule has 0 unspecified atom stereocenters. The van der Waals surface area contributed by atoms with Crippen LogP contribution in [0.25, 0.3) is 0 Å². The SMILES string of the molecule is CCCNc1ccc(S(=O)(=O)N(C)CCC(F)(F)F)cc1. The van der Waals surface area contributed by atoms with Crippen LogP contribution >= 0.6 is 0 Å². The molecule has 120 valence electrons. The van der Waals surface area contributed by atoms with Crippen molar-refractivity contribution in [2.45, 2.75) is 30.8 Å². The summed E-state index contributed by atoms with van der Waals surface area (Å²) < 4.78 is 61.4. The van der Waals surface area contributed by atoms with Gasteiger partial charge in [-0.05, 0) is 30.7 Å². The third-order valence-electron chi connectivity index (χ3n) is 2.85. The maximum atomic E-state index is 12.1. The van der Waals surface area contributed by atoms with Crippen molar-refractivity contribution >= 4 is 15.7 Å². The predicted molar refractivity (Wildman–Crippen MR) is 75.7 cm³/mol. The molecule has 0 saturated heterocycles. The molecule has 0 spiro atoms. The summed E-state index contributed by atoms with van der Waals surface area (Å²) in [7, 11) is -2.75. The van der Waals surface area contributed by atoms with Crippen molar-refractivity contribution in [3.8, 4) is 0 Å². The topological polar surface area (TPSA) is 49.4 Å². The third kappa shape index (κ3) is 5.55. The van der Waals surface area contributed by atoms with E-state index in [0.717, 1.165) is 30.0 Å². The number of halogens is 3. The number of rotatable bonds is 7. The molecule has 1 aromatic rings. The van der Waals surface area contributed by atoms with Crippen molar-refractivity contribution in [1.29, 1.82) is 0 Å². The summed E-state index contributed by atoms with van der Waals surface area (Å²) in [6, 6.07) is 5.97. The van der Waals surface area contributed by atoms with Gasteiger partial charge in [-0.15, -0.1) is 0 Å². The molecule has 0 heterocycles. The average molecular weight is 324 g/mol. The van der Waals surface area contributed by atoms with Crippen molar-refractivity contribution in [2.24, 2.45) is 0 Å². The molecule has 1 N–H and O–H groups in total. The smallest absolute Gasteiger partial charge is 0.385 e. The summed E-state index contributed by atoms with van der Waals surface area (Å²) in [4.78, 5) is -0.0192. The van der Waals surface area contributed by atoms with Crippen LogP contribution in [0.2, 0.25) is 0 Å². The molecule has 8 heteroatoms. The normalized spacial score (nSPS) is 12.7. The number of hydrogen-bond donors (Lipinski definition) is 1. The highest BCUT2D eigenvalue weighted by atomic mass is 32.2. The lowest BCUT2D eigenvalue weighted by molar-refractivity contribution is -0.135. The van der Waals surface area contributed by atoms with E-state index >= 15 is 0 Å². The van der Waals surface area contributed by atoms with Crippen LogP contribution in [-0.2, 0) is 10.0 Å². The molecular formula is C13H19F3N2O2S. The summed E-state index contributed by atoms with van der Waals surface area (Å²) in [5.74, 6) is 0. The Morgan fingerprint density at radius 1 is 1.19 bits per heavy atom. The summed E-state index contributed by atoms with van der Waals surface area (Å²) >= 11 is 0. The van der Waals surface area contributed by atoms with E-state index in [1.807, 2.05) is 6.92 Å². The Balaban J connectivity index is 2.77. The van der Waals surface area contributed by atoms with Gasteiger partial charge >= 0.3 is 6.18 Å². The highest BCUT2D eigenvalue weighted by Gasteiger charge is 2.30. The first-order valence-electron chi connectivity index (χ1n) is 6.54. The Kier molecular flexibility index (Phi) is 6.03. The first-order chi connectivity index (χ1) is 9.66. The summed E-state index contributed by atoms with van der Waals surface area (Å²) in [5.41, 5.74) is 0.772. The van der Waals surface area contributed by atoms with Crippen molar-refractivity contribution in [3.05, 3.63) is 24.3 Å². The molecule has 0 atom stereocenters. The van der Waals surface area contributed by atoms with Crippen molar-refractivity contribution in [2.75, 3.05) is 25.5 Å². The molecule has 0 saturated carbocycles. The van der Waals surface area contributed by atoms with Crippen LogP contribution in [0, 0.1) is 0 Å². The van der Waals surface area contributed by atoms with Crippen LogP contribution < -0.4 is 5.32 Å². The average Bonchev–Trinajstić information content (AvgIpc) is 2.42. The van der Waals surface area contributed by atoms with Gasteiger partial charge in [-0.1, -0.05) is 6.92 Å². The lowest BCUT2D eigenvalue weighted by Gasteiger charge is -2.18. The fourth-order valence-electron chi connectivity index (χ4n) is 1.60. The lowest BCUT2D eigenvalue weighted by Crippen LogP contribution is -2.30. The first-order valence-corrected chi connectivity index (χ1v) is 7.98. The zero-order valence-corrected chi connectivity index (χ0v) is 12.8. The van der Waals surface area contributed by atoms with Crippen LogP contribution in [0.3, 0.4) is 0 Å². The molecule has 0 fully saturated rings. The fraction of sp³-hybridized carbons (Fsp3) is 0.538. The van der Waals surface area contributed by atoms with Gasteiger partial charge in [-0.3, -0.25) is 0 Å². The predicted octanol–water partition coefficient (Wildman–Crippen LogP) is 3.08. The molecule has 0 radical (unpaired) electrons. The molecule has 0 aliphatic heterocycles. The fourth-order valence-corrected chi connectivity index (χ4v) is 2.77. The molecule has 0 aliphatic rings. The third-order valence-corrected chi connectivity index (χ3v) is 4.72. The van der Waals surface area contributed by atoms with E-state index in [4.69, 9.17) is 0 Å². The van der Waals surface area contributed by atoms with E-state index in [1.165, 1.54) is 12.1 Å².